The molecule has 9 nitrogen and oxygen atoms in total. The Kier molecular flexibility index (Phi) is 4.09. The van der Waals surface area contributed by atoms with Crippen LogP contribution in [0.1, 0.15) is 16.2 Å². The van der Waals surface area contributed by atoms with E-state index in [2.05, 4.69) is 10.2 Å². The van der Waals surface area contributed by atoms with Crippen LogP contribution in [0.2, 0.25) is 0 Å². The van der Waals surface area contributed by atoms with Crippen molar-refractivity contribution in [2.45, 2.75) is 11.0 Å². The maximum Gasteiger partial charge on any atom is 0.271 e. The molecule has 0 unspecified atom stereocenters. The molecule has 0 radical (unpaired) electrons. The Labute approximate surface area is 166 Å². The van der Waals surface area contributed by atoms with E-state index in [9.17, 15) is 13.2 Å². The zero-order chi connectivity index (χ0) is 20.0. The zero-order valence-corrected chi connectivity index (χ0v) is 16.0. The molecule has 1 aromatic carbocycles. The molecule has 0 saturated carbocycles. The lowest BCUT2D eigenvalue weighted by atomic mass is 10.1. The van der Waals surface area contributed by atoms with Gasteiger partial charge in [-0.1, -0.05) is 0 Å². The van der Waals surface area contributed by atoms with E-state index >= 15 is 0 Å². The molecule has 2 aromatic heterocycles. The average molecular weight is 415 g/mol. The largest absolute Gasteiger partial charge is 0.468 e. The van der Waals surface area contributed by atoms with Crippen LogP contribution in [0.15, 0.2) is 47.1 Å². The van der Waals surface area contributed by atoms with Crippen molar-refractivity contribution in [3.05, 3.63) is 54.1 Å². The first-order valence-electron chi connectivity index (χ1n) is 8.98. The van der Waals surface area contributed by atoms with Gasteiger partial charge in [0.15, 0.2) is 21.3 Å². The predicted octanol–water partition coefficient (Wildman–Crippen LogP) is 1.84. The van der Waals surface area contributed by atoms with Crippen molar-refractivity contribution in [2.24, 2.45) is 0 Å². The number of nitrogens with one attached hydrogen (secondary N) is 1. The van der Waals surface area contributed by atoms with Gasteiger partial charge in [0.05, 0.1) is 17.2 Å². The van der Waals surface area contributed by atoms with E-state index in [0.717, 1.165) is 5.56 Å². The highest BCUT2D eigenvalue weighted by Gasteiger charge is 2.40. The summed E-state index contributed by atoms with van der Waals surface area (Å²) in [6.45, 7) is 0.489. The molecule has 1 saturated heterocycles. The van der Waals surface area contributed by atoms with Crippen LogP contribution in [0.3, 0.4) is 0 Å². The van der Waals surface area contributed by atoms with Crippen LogP contribution in [0, 0.1) is 0 Å². The minimum Gasteiger partial charge on any atom is -0.468 e. The van der Waals surface area contributed by atoms with Crippen LogP contribution < -0.4 is 9.47 Å². The van der Waals surface area contributed by atoms with Crippen molar-refractivity contribution >= 4 is 15.7 Å². The van der Waals surface area contributed by atoms with Crippen LogP contribution in [-0.4, -0.2) is 54.6 Å². The first-order valence-corrected chi connectivity index (χ1v) is 10.7. The lowest BCUT2D eigenvalue weighted by Gasteiger charge is -2.38. The van der Waals surface area contributed by atoms with Crippen molar-refractivity contribution < 1.29 is 27.1 Å². The van der Waals surface area contributed by atoms with E-state index in [-0.39, 0.29) is 31.5 Å². The monoisotopic (exact) mass is 415 g/mol. The first-order chi connectivity index (χ1) is 14.0. The number of ether oxygens (including phenoxy) is 2. The number of carbonyl (C=O) groups excluding carboxylic acids is 1. The molecule has 0 atom stereocenters. The van der Waals surface area contributed by atoms with Crippen molar-refractivity contribution in [1.82, 2.24) is 15.1 Å². The van der Waals surface area contributed by atoms with E-state index in [1.807, 2.05) is 6.07 Å². The Balaban J connectivity index is 1.25. The maximum atomic E-state index is 12.6. The van der Waals surface area contributed by atoms with Crippen molar-refractivity contribution in [3.8, 4) is 22.8 Å². The number of hydrogen-bond donors (Lipinski definition) is 1. The van der Waals surface area contributed by atoms with Crippen LogP contribution in [0.5, 0.6) is 11.5 Å². The van der Waals surface area contributed by atoms with Gasteiger partial charge >= 0.3 is 0 Å². The fourth-order valence-corrected chi connectivity index (χ4v) is 4.96. The molecule has 1 N–H and O–H groups in total. The molecule has 0 aliphatic carbocycles. The smallest absolute Gasteiger partial charge is 0.271 e. The molecule has 29 heavy (non-hydrogen) atoms. The van der Waals surface area contributed by atoms with Gasteiger partial charge in [0.25, 0.3) is 5.91 Å². The van der Waals surface area contributed by atoms with E-state index < -0.39 is 15.1 Å². The van der Waals surface area contributed by atoms with Gasteiger partial charge in [-0.15, -0.1) is 0 Å². The third-order valence-corrected chi connectivity index (χ3v) is 7.04. The molecule has 2 aliphatic heterocycles. The molecule has 150 valence electrons. The summed E-state index contributed by atoms with van der Waals surface area (Å²) in [5, 5.41) is 6.34. The van der Waals surface area contributed by atoms with Gasteiger partial charge in [-0.25, -0.2) is 8.42 Å². The van der Waals surface area contributed by atoms with Crippen molar-refractivity contribution in [3.63, 3.8) is 0 Å². The standard InChI is InChI=1S/C19H17N3O6S/c23-19(22-8-14(9-22)29(24,25)10-13-2-1-5-26-13)16-7-15(20-21-16)12-3-4-17-18(6-12)28-11-27-17/h1-7,14H,8-11H2,(H,20,21). The lowest BCUT2D eigenvalue weighted by molar-refractivity contribution is 0.0652. The number of nitrogens with zero attached hydrogens (tertiary/aromatic N) is 2. The number of hydrogen-bond acceptors (Lipinski definition) is 7. The fraction of sp³-hybridized carbons (Fsp3) is 0.263. The third-order valence-electron chi connectivity index (χ3n) is 5.04. The Morgan fingerprint density at radius 3 is 2.79 bits per heavy atom. The third kappa shape index (κ3) is 3.25. The number of aromatic amines is 1. The molecule has 1 amide bonds. The van der Waals surface area contributed by atoms with Gasteiger partial charge in [-0.05, 0) is 36.4 Å². The Hall–Kier alpha value is -3.27. The van der Waals surface area contributed by atoms with E-state index in [1.165, 1.54) is 11.2 Å². The number of sulfone groups is 1. The highest BCUT2D eigenvalue weighted by atomic mass is 32.2. The summed E-state index contributed by atoms with van der Waals surface area (Å²) in [6, 6.07) is 10.3. The highest BCUT2D eigenvalue weighted by molar-refractivity contribution is 7.91. The van der Waals surface area contributed by atoms with Crippen LogP contribution in [0.4, 0.5) is 0 Å². The maximum absolute atomic E-state index is 12.6. The number of fused-ring (bicyclic) bond motifs is 1. The predicted molar refractivity (Wildman–Crippen MR) is 101 cm³/mol. The van der Waals surface area contributed by atoms with Crippen molar-refractivity contribution in [2.75, 3.05) is 19.9 Å². The Morgan fingerprint density at radius 1 is 1.17 bits per heavy atom. The summed E-state index contributed by atoms with van der Waals surface area (Å²) in [6.07, 6.45) is 1.44. The second kappa shape index (κ2) is 6.66. The first kappa shape index (κ1) is 17.8. The van der Waals surface area contributed by atoms with Crippen LogP contribution in [-0.2, 0) is 15.6 Å². The van der Waals surface area contributed by atoms with Gasteiger partial charge < -0.3 is 18.8 Å². The number of carbonyl (C=O) groups is 1. The van der Waals surface area contributed by atoms with Gasteiger partial charge in [0, 0.05) is 18.7 Å². The zero-order valence-electron chi connectivity index (χ0n) is 15.2. The molecular formula is C19H17N3O6S. The summed E-state index contributed by atoms with van der Waals surface area (Å²) in [7, 11) is -3.38. The second-order valence-electron chi connectivity index (χ2n) is 6.95. The summed E-state index contributed by atoms with van der Waals surface area (Å²) in [5.41, 5.74) is 1.68. The molecular weight excluding hydrogens is 398 g/mol. The minimum atomic E-state index is -3.38. The van der Waals surface area contributed by atoms with Gasteiger partial charge in [0.2, 0.25) is 6.79 Å². The number of aromatic nitrogens is 2. The SMILES string of the molecule is O=C(c1cc(-c2ccc3c(c2)OCO3)n[nH]1)N1CC(S(=O)(=O)Cc2ccco2)C1. The molecule has 2 aliphatic rings. The Morgan fingerprint density at radius 2 is 2.00 bits per heavy atom. The number of furan rings is 1. The number of benzene rings is 1. The molecule has 3 aromatic rings. The number of H-pyrrole nitrogens is 1. The summed E-state index contributed by atoms with van der Waals surface area (Å²) in [5.74, 6) is 1.25. The number of likely N-dealkylation sites (tertiary alicyclic amines) is 1. The van der Waals surface area contributed by atoms with E-state index in [1.54, 1.807) is 30.3 Å². The summed E-state index contributed by atoms with van der Waals surface area (Å²) < 4.78 is 40.6. The number of amides is 1. The second-order valence-corrected chi connectivity index (χ2v) is 9.23. The van der Waals surface area contributed by atoms with Crippen molar-refractivity contribution in [1.29, 1.82) is 0 Å². The van der Waals surface area contributed by atoms with Crippen LogP contribution >= 0.6 is 0 Å². The number of rotatable bonds is 5. The molecule has 4 heterocycles. The van der Waals surface area contributed by atoms with E-state index in [4.69, 9.17) is 13.9 Å². The quantitative estimate of drug-likeness (QED) is 0.676. The highest BCUT2D eigenvalue weighted by Crippen LogP contribution is 2.35. The topological polar surface area (TPSA) is 115 Å². The fourth-order valence-electron chi connectivity index (χ4n) is 3.35. The Bertz CT molecular complexity index is 1160. The molecule has 0 bridgehead atoms. The van der Waals surface area contributed by atoms with Gasteiger partial charge in [-0.3, -0.25) is 9.89 Å². The summed E-state index contributed by atoms with van der Waals surface area (Å²) >= 11 is 0. The van der Waals surface area contributed by atoms with E-state index in [0.29, 0.717) is 28.6 Å². The molecule has 5 rings (SSSR count). The molecule has 10 heteroatoms. The normalized spacial score (nSPS) is 16.1. The van der Waals surface area contributed by atoms with Gasteiger partial charge in [0.1, 0.15) is 17.2 Å². The summed E-state index contributed by atoms with van der Waals surface area (Å²) in [4.78, 5) is 14.1. The lowest BCUT2D eigenvalue weighted by Crippen LogP contribution is -2.57. The van der Waals surface area contributed by atoms with Crippen LogP contribution in [0.25, 0.3) is 11.3 Å². The van der Waals surface area contributed by atoms with Gasteiger partial charge in [-0.2, -0.15) is 5.10 Å². The minimum absolute atomic E-state index is 0.153. The molecule has 0 spiro atoms. The molecule has 1 fully saturated rings. The average Bonchev–Trinajstić information content (AvgIpc) is 3.40.